The van der Waals surface area contributed by atoms with Crippen LogP contribution in [0.1, 0.15) is 12.5 Å². The van der Waals surface area contributed by atoms with Crippen molar-refractivity contribution in [2.24, 2.45) is 10.2 Å². The van der Waals surface area contributed by atoms with Crippen LogP contribution < -0.4 is 5.32 Å². The summed E-state index contributed by atoms with van der Waals surface area (Å²) in [6.07, 6.45) is 0.939. The Bertz CT molecular complexity index is 859. The number of amides is 1. The topological polar surface area (TPSA) is 105 Å². The van der Waals surface area contributed by atoms with Gasteiger partial charge in [-0.1, -0.05) is 30.3 Å². The van der Waals surface area contributed by atoms with Crippen molar-refractivity contribution in [1.29, 1.82) is 0 Å². The third kappa shape index (κ3) is 3.72. The molecule has 1 aromatic carbocycles. The predicted molar refractivity (Wildman–Crippen MR) is 89.2 cm³/mol. The van der Waals surface area contributed by atoms with Crippen LogP contribution in [0, 0.1) is 0 Å². The number of H-pyrrole nitrogens is 1. The second kappa shape index (κ2) is 7.32. The molecular formula is C16H16N6O2. The summed E-state index contributed by atoms with van der Waals surface area (Å²) in [7, 11) is 0. The fourth-order valence-corrected chi connectivity index (χ4v) is 2.10. The summed E-state index contributed by atoms with van der Waals surface area (Å²) < 4.78 is 4.85. The van der Waals surface area contributed by atoms with Gasteiger partial charge in [-0.25, -0.2) is 14.8 Å². The number of nitrogens with one attached hydrogen (secondary N) is 2. The minimum absolute atomic E-state index is 0.278. The first kappa shape index (κ1) is 15.6. The summed E-state index contributed by atoms with van der Waals surface area (Å²) in [6, 6.07) is 11.4. The highest BCUT2D eigenvalue weighted by atomic mass is 16.5. The molecule has 0 saturated heterocycles. The van der Waals surface area contributed by atoms with Crippen LogP contribution in [-0.4, -0.2) is 27.7 Å². The Labute approximate surface area is 138 Å². The number of hydrogen-bond donors (Lipinski definition) is 2. The summed E-state index contributed by atoms with van der Waals surface area (Å²) in [5, 5.41) is 11.0. The SMILES string of the molecule is CCOC(=O)Nc1cc(N=NCc2ccccc2)c2[nH]cnc2n1. The Kier molecular flexibility index (Phi) is 4.76. The van der Waals surface area contributed by atoms with Gasteiger partial charge in [0, 0.05) is 6.07 Å². The molecule has 0 aliphatic heterocycles. The highest BCUT2D eigenvalue weighted by Crippen LogP contribution is 2.26. The number of aromatic nitrogens is 3. The normalized spacial score (nSPS) is 11.0. The molecule has 0 aliphatic carbocycles. The maximum Gasteiger partial charge on any atom is 0.412 e. The molecule has 122 valence electrons. The fourth-order valence-electron chi connectivity index (χ4n) is 2.10. The van der Waals surface area contributed by atoms with Gasteiger partial charge in [0.25, 0.3) is 0 Å². The summed E-state index contributed by atoms with van der Waals surface area (Å²) in [5.41, 5.74) is 2.69. The molecule has 2 aromatic heterocycles. The number of benzene rings is 1. The summed E-state index contributed by atoms with van der Waals surface area (Å²) in [6.45, 7) is 2.46. The number of nitrogens with zero attached hydrogens (tertiary/aromatic N) is 4. The van der Waals surface area contributed by atoms with Crippen molar-refractivity contribution in [2.75, 3.05) is 11.9 Å². The van der Waals surface area contributed by atoms with Crippen molar-refractivity contribution in [3.8, 4) is 0 Å². The van der Waals surface area contributed by atoms with E-state index in [-0.39, 0.29) is 6.61 Å². The number of rotatable bonds is 5. The van der Waals surface area contributed by atoms with Gasteiger partial charge in [-0.15, -0.1) is 0 Å². The molecule has 0 spiro atoms. The van der Waals surface area contributed by atoms with E-state index in [1.54, 1.807) is 13.0 Å². The van der Waals surface area contributed by atoms with E-state index in [0.717, 1.165) is 5.56 Å². The molecule has 0 saturated carbocycles. The zero-order valence-electron chi connectivity index (χ0n) is 13.1. The second-order valence-corrected chi connectivity index (χ2v) is 4.86. The highest BCUT2D eigenvalue weighted by molar-refractivity contribution is 5.90. The predicted octanol–water partition coefficient (Wildman–Crippen LogP) is 3.81. The van der Waals surface area contributed by atoms with E-state index < -0.39 is 6.09 Å². The smallest absolute Gasteiger partial charge is 0.412 e. The molecule has 8 nitrogen and oxygen atoms in total. The van der Waals surface area contributed by atoms with Crippen molar-refractivity contribution in [3.63, 3.8) is 0 Å². The third-order valence-corrected chi connectivity index (χ3v) is 3.16. The van der Waals surface area contributed by atoms with E-state index in [4.69, 9.17) is 4.74 Å². The van der Waals surface area contributed by atoms with E-state index in [1.165, 1.54) is 6.33 Å². The monoisotopic (exact) mass is 324 g/mol. The zero-order chi connectivity index (χ0) is 16.8. The van der Waals surface area contributed by atoms with Crippen LogP contribution in [0.5, 0.6) is 0 Å². The van der Waals surface area contributed by atoms with Gasteiger partial charge in [0.05, 0.1) is 19.5 Å². The molecule has 24 heavy (non-hydrogen) atoms. The maximum atomic E-state index is 11.5. The second-order valence-electron chi connectivity index (χ2n) is 4.86. The minimum Gasteiger partial charge on any atom is -0.450 e. The molecule has 2 N–H and O–H groups in total. The first-order valence-corrected chi connectivity index (χ1v) is 7.45. The van der Waals surface area contributed by atoms with Crippen molar-refractivity contribution in [1.82, 2.24) is 15.0 Å². The largest absolute Gasteiger partial charge is 0.450 e. The van der Waals surface area contributed by atoms with Crippen molar-refractivity contribution < 1.29 is 9.53 Å². The molecule has 0 unspecified atom stereocenters. The Morgan fingerprint density at radius 2 is 2.17 bits per heavy atom. The van der Waals surface area contributed by atoms with Gasteiger partial charge in [-0.05, 0) is 12.5 Å². The van der Waals surface area contributed by atoms with E-state index in [2.05, 4.69) is 30.5 Å². The first-order valence-electron chi connectivity index (χ1n) is 7.45. The van der Waals surface area contributed by atoms with E-state index >= 15 is 0 Å². The number of carbonyl (C=O) groups is 1. The van der Waals surface area contributed by atoms with Crippen LogP contribution in [0.25, 0.3) is 11.2 Å². The van der Waals surface area contributed by atoms with Gasteiger partial charge in [0.2, 0.25) is 0 Å². The molecule has 2 heterocycles. The first-order chi connectivity index (χ1) is 11.8. The quantitative estimate of drug-likeness (QED) is 0.696. The molecule has 3 rings (SSSR count). The van der Waals surface area contributed by atoms with Gasteiger partial charge in [-0.3, -0.25) is 5.32 Å². The molecule has 1 amide bonds. The minimum atomic E-state index is -0.577. The van der Waals surface area contributed by atoms with E-state index in [1.807, 2.05) is 30.3 Å². The number of fused-ring (bicyclic) bond motifs is 1. The van der Waals surface area contributed by atoms with Gasteiger partial charge in [0.15, 0.2) is 5.65 Å². The van der Waals surface area contributed by atoms with Crippen LogP contribution in [0.4, 0.5) is 16.3 Å². The van der Waals surface area contributed by atoms with Crippen LogP contribution >= 0.6 is 0 Å². The number of ether oxygens (including phenoxy) is 1. The average Bonchev–Trinajstić information content (AvgIpc) is 3.04. The number of imidazole rings is 1. The molecule has 8 heteroatoms. The molecule has 0 bridgehead atoms. The summed E-state index contributed by atoms with van der Waals surface area (Å²) in [4.78, 5) is 22.8. The number of hydrogen-bond acceptors (Lipinski definition) is 6. The summed E-state index contributed by atoms with van der Waals surface area (Å²) in [5.74, 6) is 0.307. The molecule has 0 fully saturated rings. The molecular weight excluding hydrogens is 308 g/mol. The molecule has 0 radical (unpaired) electrons. The van der Waals surface area contributed by atoms with Crippen LogP contribution in [0.15, 0.2) is 53.0 Å². The lowest BCUT2D eigenvalue weighted by Crippen LogP contribution is -2.14. The number of azo groups is 1. The Morgan fingerprint density at radius 1 is 1.33 bits per heavy atom. The fraction of sp³-hybridized carbons (Fsp3) is 0.188. The van der Waals surface area contributed by atoms with Crippen molar-refractivity contribution >= 4 is 28.8 Å². The van der Waals surface area contributed by atoms with Crippen molar-refractivity contribution in [3.05, 3.63) is 48.3 Å². The summed E-state index contributed by atoms with van der Waals surface area (Å²) >= 11 is 0. The van der Waals surface area contributed by atoms with Gasteiger partial charge in [0.1, 0.15) is 17.0 Å². The maximum absolute atomic E-state index is 11.5. The molecule has 0 atom stereocenters. The third-order valence-electron chi connectivity index (χ3n) is 3.16. The number of pyridine rings is 1. The van der Waals surface area contributed by atoms with Crippen LogP contribution in [0.3, 0.4) is 0 Å². The lowest BCUT2D eigenvalue weighted by atomic mass is 10.2. The van der Waals surface area contributed by atoms with Gasteiger partial charge >= 0.3 is 6.09 Å². The van der Waals surface area contributed by atoms with Gasteiger partial charge in [-0.2, -0.15) is 10.2 Å². The van der Waals surface area contributed by atoms with Crippen molar-refractivity contribution in [2.45, 2.75) is 13.5 Å². The lowest BCUT2D eigenvalue weighted by molar-refractivity contribution is 0.168. The Balaban J connectivity index is 1.83. The Hall–Kier alpha value is -3.29. The van der Waals surface area contributed by atoms with Crippen LogP contribution in [-0.2, 0) is 11.3 Å². The van der Waals surface area contributed by atoms with E-state index in [0.29, 0.717) is 29.2 Å². The zero-order valence-corrected chi connectivity index (χ0v) is 13.1. The average molecular weight is 324 g/mol. The number of carbonyl (C=O) groups excluding carboxylic acids is 1. The van der Waals surface area contributed by atoms with Gasteiger partial charge < -0.3 is 9.72 Å². The molecule has 0 aliphatic rings. The Morgan fingerprint density at radius 3 is 2.96 bits per heavy atom. The number of aromatic amines is 1. The standard InChI is InChI=1S/C16H16N6O2/c1-2-24-16(23)21-13-8-12(14-15(20-13)18-10-17-14)22-19-9-11-6-4-3-5-7-11/h3-8,10H,2,9H2,1H3,(H2,17,18,20,21,23). The lowest BCUT2D eigenvalue weighted by Gasteiger charge is -2.05. The van der Waals surface area contributed by atoms with E-state index in [9.17, 15) is 4.79 Å². The van der Waals surface area contributed by atoms with Crippen LogP contribution in [0.2, 0.25) is 0 Å². The highest BCUT2D eigenvalue weighted by Gasteiger charge is 2.10. The number of anilines is 1. The molecule has 3 aromatic rings.